The number of methoxy groups -OCH3 is 1. The Labute approximate surface area is 236 Å². The van der Waals surface area contributed by atoms with Gasteiger partial charge in [-0.1, -0.05) is 34.1 Å². The smallest absolute Gasteiger partial charge is 0.313 e. The van der Waals surface area contributed by atoms with Crippen molar-refractivity contribution in [2.75, 3.05) is 13.7 Å². The van der Waals surface area contributed by atoms with Crippen LogP contribution in [0.15, 0.2) is 0 Å². The number of nitrogens with zero attached hydrogens (tertiary/aromatic N) is 1. The predicted octanol–water partition coefficient (Wildman–Crippen LogP) is 6.44. The van der Waals surface area contributed by atoms with Gasteiger partial charge in [-0.3, -0.25) is 19.2 Å². The zero-order valence-corrected chi connectivity index (χ0v) is 26.7. The molecule has 39 heavy (non-hydrogen) atoms. The Morgan fingerprint density at radius 2 is 1.41 bits per heavy atom. The van der Waals surface area contributed by atoms with Crippen molar-refractivity contribution in [2.24, 2.45) is 21.7 Å². The van der Waals surface area contributed by atoms with Gasteiger partial charge >= 0.3 is 17.9 Å². The number of ether oxygens (including phenoxy) is 3. The van der Waals surface area contributed by atoms with Gasteiger partial charge in [0.25, 0.3) is 0 Å². The van der Waals surface area contributed by atoms with Crippen LogP contribution in [0.5, 0.6) is 0 Å². The highest BCUT2D eigenvalue weighted by Crippen LogP contribution is 2.46. The van der Waals surface area contributed by atoms with Crippen molar-refractivity contribution >= 4 is 23.8 Å². The SMILES string of the molecule is CCC(C)(CC(C)(CC(C)(C)C(=O)OC(C)N1CCCCCC1=O)C(=O)OC)C(=O)OC(C)(C)CC(C)(C)C. The van der Waals surface area contributed by atoms with Crippen LogP contribution in [0, 0.1) is 21.7 Å². The summed E-state index contributed by atoms with van der Waals surface area (Å²) in [5.41, 5.74) is -3.96. The van der Waals surface area contributed by atoms with Crippen molar-refractivity contribution < 1.29 is 33.4 Å². The lowest BCUT2D eigenvalue weighted by atomic mass is 9.65. The molecule has 0 saturated carbocycles. The molecule has 0 N–H and O–H groups in total. The molecule has 1 amide bonds. The molecule has 0 spiro atoms. The molecule has 1 rings (SSSR count). The highest BCUT2D eigenvalue weighted by molar-refractivity contribution is 5.83. The van der Waals surface area contributed by atoms with Gasteiger partial charge in [-0.15, -0.1) is 0 Å². The number of rotatable bonds is 12. The van der Waals surface area contributed by atoms with E-state index in [1.54, 1.807) is 32.6 Å². The molecule has 226 valence electrons. The summed E-state index contributed by atoms with van der Waals surface area (Å²) in [4.78, 5) is 54.3. The molecule has 0 aromatic carbocycles. The minimum atomic E-state index is -1.17. The Bertz CT molecular complexity index is 888. The molecular weight excluding hydrogens is 498 g/mol. The van der Waals surface area contributed by atoms with Crippen molar-refractivity contribution in [1.29, 1.82) is 0 Å². The van der Waals surface area contributed by atoms with Gasteiger partial charge in [0, 0.05) is 13.0 Å². The second kappa shape index (κ2) is 13.0. The van der Waals surface area contributed by atoms with Gasteiger partial charge in [-0.05, 0) is 92.4 Å². The highest BCUT2D eigenvalue weighted by atomic mass is 16.6. The first-order chi connectivity index (χ1) is 17.6. The van der Waals surface area contributed by atoms with Crippen LogP contribution >= 0.6 is 0 Å². The van der Waals surface area contributed by atoms with Gasteiger partial charge < -0.3 is 19.1 Å². The third-order valence-corrected chi connectivity index (χ3v) is 7.77. The van der Waals surface area contributed by atoms with Gasteiger partial charge in [0.1, 0.15) is 5.60 Å². The number of amides is 1. The molecule has 1 aliphatic rings. The molecule has 1 fully saturated rings. The summed E-state index contributed by atoms with van der Waals surface area (Å²) in [6, 6.07) is 0. The lowest BCUT2D eigenvalue weighted by molar-refractivity contribution is -0.178. The van der Waals surface area contributed by atoms with Crippen LogP contribution in [-0.4, -0.2) is 54.2 Å². The van der Waals surface area contributed by atoms with Crippen LogP contribution in [0.2, 0.25) is 0 Å². The largest absolute Gasteiger partial charge is 0.469 e. The van der Waals surface area contributed by atoms with Crippen molar-refractivity contribution in [3.05, 3.63) is 0 Å². The first-order valence-corrected chi connectivity index (χ1v) is 14.4. The van der Waals surface area contributed by atoms with Crippen LogP contribution in [0.25, 0.3) is 0 Å². The summed E-state index contributed by atoms with van der Waals surface area (Å²) in [6.45, 7) is 21.2. The minimum Gasteiger partial charge on any atom is -0.469 e. The quantitative estimate of drug-likeness (QED) is 0.203. The van der Waals surface area contributed by atoms with Crippen LogP contribution in [0.1, 0.15) is 128 Å². The maximum atomic E-state index is 13.6. The summed E-state index contributed by atoms with van der Waals surface area (Å²) in [6.07, 6.45) is 3.79. The van der Waals surface area contributed by atoms with Gasteiger partial charge in [-0.25, -0.2) is 0 Å². The Hall–Kier alpha value is -2.12. The van der Waals surface area contributed by atoms with Crippen molar-refractivity contribution in [3.63, 3.8) is 0 Å². The second-order valence-electron chi connectivity index (χ2n) is 14.5. The molecule has 1 saturated heterocycles. The zero-order chi connectivity index (χ0) is 30.4. The average molecular weight is 554 g/mol. The number of carbonyl (C=O) groups excluding carboxylic acids is 4. The first kappa shape index (κ1) is 34.9. The second-order valence-corrected chi connectivity index (χ2v) is 14.5. The summed E-state index contributed by atoms with van der Waals surface area (Å²) in [7, 11) is 1.31. The lowest BCUT2D eigenvalue weighted by Gasteiger charge is -2.41. The molecule has 3 atom stereocenters. The fourth-order valence-corrected chi connectivity index (χ4v) is 6.16. The summed E-state index contributed by atoms with van der Waals surface area (Å²) in [5.74, 6) is -1.39. The van der Waals surface area contributed by atoms with Crippen LogP contribution in [0.4, 0.5) is 0 Å². The fraction of sp³-hybridized carbons (Fsp3) is 0.871. The van der Waals surface area contributed by atoms with E-state index in [2.05, 4.69) is 20.8 Å². The number of likely N-dealkylation sites (tertiary alicyclic amines) is 1. The van der Waals surface area contributed by atoms with E-state index in [9.17, 15) is 19.2 Å². The van der Waals surface area contributed by atoms with E-state index in [1.807, 2.05) is 27.7 Å². The molecule has 3 unspecified atom stereocenters. The van der Waals surface area contributed by atoms with E-state index in [0.29, 0.717) is 25.8 Å². The Morgan fingerprint density at radius 3 is 1.92 bits per heavy atom. The predicted molar refractivity (Wildman–Crippen MR) is 152 cm³/mol. The molecule has 0 aromatic rings. The molecule has 0 bridgehead atoms. The normalized spacial score (nSPS) is 19.3. The number of hydrogen-bond donors (Lipinski definition) is 0. The Balaban J connectivity index is 3.16. The topological polar surface area (TPSA) is 99.2 Å². The van der Waals surface area contributed by atoms with E-state index in [-0.39, 0.29) is 30.1 Å². The van der Waals surface area contributed by atoms with Crippen molar-refractivity contribution in [1.82, 2.24) is 4.90 Å². The maximum Gasteiger partial charge on any atom is 0.313 e. The van der Waals surface area contributed by atoms with Crippen molar-refractivity contribution in [3.8, 4) is 0 Å². The molecule has 0 aliphatic carbocycles. The lowest BCUT2D eigenvalue weighted by Crippen LogP contribution is -2.47. The molecule has 8 heteroatoms. The van der Waals surface area contributed by atoms with Gasteiger partial charge in [0.2, 0.25) is 5.91 Å². The molecule has 1 aliphatic heterocycles. The van der Waals surface area contributed by atoms with E-state index in [1.165, 1.54) is 7.11 Å². The monoisotopic (exact) mass is 553 g/mol. The molecule has 0 radical (unpaired) electrons. The van der Waals surface area contributed by atoms with E-state index in [4.69, 9.17) is 14.2 Å². The minimum absolute atomic E-state index is 0.0170. The average Bonchev–Trinajstić information content (AvgIpc) is 2.99. The maximum absolute atomic E-state index is 13.6. The fourth-order valence-electron chi connectivity index (χ4n) is 6.16. The number of esters is 3. The number of hydrogen-bond acceptors (Lipinski definition) is 7. The Kier molecular flexibility index (Phi) is 11.7. The standard InChI is InChI=1S/C31H55NO7/c1-13-30(10,26(36)39-29(8,9)19-27(3,4)5)21-31(11,25(35)37-12)20-28(6,7)24(34)38-22(2)32-18-16-14-15-17-23(32)33/h22H,13-21H2,1-12H3. The van der Waals surface area contributed by atoms with Crippen LogP contribution in [-0.2, 0) is 33.4 Å². The third kappa shape index (κ3) is 10.1. The first-order valence-electron chi connectivity index (χ1n) is 14.4. The summed E-state index contributed by atoms with van der Waals surface area (Å²) >= 11 is 0. The van der Waals surface area contributed by atoms with Crippen LogP contribution < -0.4 is 0 Å². The third-order valence-electron chi connectivity index (χ3n) is 7.77. The molecule has 1 heterocycles. The van der Waals surface area contributed by atoms with E-state index in [0.717, 1.165) is 19.3 Å². The van der Waals surface area contributed by atoms with Gasteiger partial charge in [-0.2, -0.15) is 0 Å². The number of carbonyl (C=O) groups is 4. The van der Waals surface area contributed by atoms with Gasteiger partial charge in [0.05, 0.1) is 23.4 Å². The van der Waals surface area contributed by atoms with E-state index >= 15 is 0 Å². The van der Waals surface area contributed by atoms with Gasteiger partial charge in [0.15, 0.2) is 6.23 Å². The van der Waals surface area contributed by atoms with E-state index < -0.39 is 40.0 Å². The summed E-state index contributed by atoms with van der Waals surface area (Å²) < 4.78 is 17.0. The molecule has 0 aromatic heterocycles. The zero-order valence-electron chi connectivity index (χ0n) is 26.7. The highest BCUT2D eigenvalue weighted by Gasteiger charge is 2.50. The molecular formula is C31H55NO7. The summed E-state index contributed by atoms with van der Waals surface area (Å²) in [5, 5.41) is 0. The van der Waals surface area contributed by atoms with Crippen molar-refractivity contribution in [2.45, 2.75) is 139 Å². The molecule has 8 nitrogen and oxygen atoms in total. The van der Waals surface area contributed by atoms with Crippen LogP contribution in [0.3, 0.4) is 0 Å². The Morgan fingerprint density at radius 1 is 0.821 bits per heavy atom.